The summed E-state index contributed by atoms with van der Waals surface area (Å²) in [6.07, 6.45) is 2.16. The largest absolute Gasteiger partial charge is 0.480 e. The second kappa shape index (κ2) is 3.74. The number of carboxylic acid groups (broad SMARTS) is 1. The molecule has 0 aliphatic rings. The zero-order valence-electron chi connectivity index (χ0n) is 8.10. The van der Waals surface area contributed by atoms with Crippen LogP contribution in [0.3, 0.4) is 0 Å². The van der Waals surface area contributed by atoms with Gasteiger partial charge in [0.1, 0.15) is 6.04 Å². The molecule has 0 bridgehead atoms. The van der Waals surface area contributed by atoms with Gasteiger partial charge in [0.2, 0.25) is 0 Å². The van der Waals surface area contributed by atoms with Gasteiger partial charge in [-0.05, 0) is 11.6 Å². The number of aromatic amines is 1. The molecule has 0 radical (unpaired) electrons. The number of carbonyl (C=O) groups is 1. The first-order chi connectivity index (χ1) is 7.18. The Labute approximate surface area is 86.7 Å². The summed E-state index contributed by atoms with van der Waals surface area (Å²) in [5.41, 5.74) is 7.43. The Morgan fingerprint density at radius 3 is 2.93 bits per heavy atom. The Bertz CT molecular complexity index is 490. The van der Waals surface area contributed by atoms with E-state index in [1.165, 1.54) is 0 Å². The lowest BCUT2D eigenvalue weighted by atomic mass is 10.1. The fourth-order valence-electron chi connectivity index (χ4n) is 1.62. The summed E-state index contributed by atoms with van der Waals surface area (Å²) >= 11 is 0. The number of H-pyrrole nitrogens is 1. The van der Waals surface area contributed by atoms with E-state index in [1.54, 1.807) is 0 Å². The molecule has 2 rings (SSSR count). The molecule has 2 aromatic rings. The van der Waals surface area contributed by atoms with Gasteiger partial charge in [0.15, 0.2) is 0 Å². The van der Waals surface area contributed by atoms with E-state index in [1.807, 2.05) is 30.5 Å². The van der Waals surface area contributed by atoms with E-state index in [0.29, 0.717) is 6.42 Å². The van der Waals surface area contributed by atoms with Gasteiger partial charge in [-0.3, -0.25) is 4.79 Å². The standard InChI is InChI=1S/C11H12N2O2/c12-9(11(14)15)5-7-6-13-10-4-2-1-3-8(7)10/h1-4,6,9,13H,5,12H2,(H,14,15)/t9-/m1/s1/i12+1. The molecule has 0 saturated heterocycles. The fraction of sp³-hybridized carbons (Fsp3) is 0.182. The predicted octanol–water partition coefficient (Wildman–Crippen LogP) is 1.12. The van der Waals surface area contributed by atoms with Gasteiger partial charge < -0.3 is 15.8 Å². The van der Waals surface area contributed by atoms with E-state index in [4.69, 9.17) is 10.8 Å². The van der Waals surface area contributed by atoms with Crippen molar-refractivity contribution in [2.24, 2.45) is 5.73 Å². The van der Waals surface area contributed by atoms with Crippen molar-refractivity contribution in [1.82, 2.24) is 4.98 Å². The van der Waals surface area contributed by atoms with Crippen molar-refractivity contribution >= 4 is 16.9 Å². The lowest BCUT2D eigenvalue weighted by Crippen LogP contribution is -2.32. The third-order valence-electron chi connectivity index (χ3n) is 2.43. The van der Waals surface area contributed by atoms with E-state index in [0.717, 1.165) is 16.5 Å². The molecule has 0 aliphatic carbocycles. The van der Waals surface area contributed by atoms with Crippen LogP contribution in [0, 0.1) is 0 Å². The summed E-state index contributed by atoms with van der Waals surface area (Å²) in [4.78, 5) is 13.7. The quantitative estimate of drug-likeness (QED) is 0.657. The third-order valence-corrected chi connectivity index (χ3v) is 2.43. The van der Waals surface area contributed by atoms with Gasteiger partial charge in [-0.15, -0.1) is 0 Å². The van der Waals surface area contributed by atoms with E-state index < -0.39 is 12.0 Å². The van der Waals surface area contributed by atoms with Gasteiger partial charge in [0.05, 0.1) is 0 Å². The maximum atomic E-state index is 10.6. The van der Waals surface area contributed by atoms with Crippen molar-refractivity contribution in [3.8, 4) is 0 Å². The summed E-state index contributed by atoms with van der Waals surface area (Å²) in [6.45, 7) is 0. The molecule has 4 N–H and O–H groups in total. The average Bonchev–Trinajstić information content (AvgIpc) is 2.62. The molecule has 1 atom stereocenters. The minimum Gasteiger partial charge on any atom is -0.480 e. The van der Waals surface area contributed by atoms with E-state index in [-0.39, 0.29) is 0 Å². The Morgan fingerprint density at radius 2 is 2.20 bits per heavy atom. The second-order valence-electron chi connectivity index (χ2n) is 3.51. The number of rotatable bonds is 3. The molecule has 1 aromatic heterocycles. The molecule has 1 heterocycles. The van der Waals surface area contributed by atoms with Crippen LogP contribution >= 0.6 is 0 Å². The highest BCUT2D eigenvalue weighted by Gasteiger charge is 2.14. The van der Waals surface area contributed by atoms with Gasteiger partial charge >= 0.3 is 5.97 Å². The fourth-order valence-corrected chi connectivity index (χ4v) is 1.62. The molecule has 15 heavy (non-hydrogen) atoms. The third kappa shape index (κ3) is 1.85. The topological polar surface area (TPSA) is 79.1 Å². The smallest absolute Gasteiger partial charge is 0.320 e. The molecule has 0 aliphatic heterocycles. The van der Waals surface area contributed by atoms with Gasteiger partial charge in [-0.25, -0.2) is 0 Å². The van der Waals surface area contributed by atoms with Crippen LogP contribution in [0.2, 0.25) is 0 Å². The first-order valence-corrected chi connectivity index (χ1v) is 4.72. The molecule has 78 valence electrons. The highest BCUT2D eigenvalue weighted by Crippen LogP contribution is 2.18. The Hall–Kier alpha value is -1.81. The minimum atomic E-state index is -0.972. The zero-order chi connectivity index (χ0) is 10.8. The number of aliphatic carboxylic acids is 1. The molecule has 0 spiro atoms. The van der Waals surface area contributed by atoms with Crippen molar-refractivity contribution in [3.63, 3.8) is 0 Å². The monoisotopic (exact) mass is 205 g/mol. The number of fused-ring (bicyclic) bond motifs is 1. The maximum Gasteiger partial charge on any atom is 0.320 e. The highest BCUT2D eigenvalue weighted by atomic mass is 16.4. The number of nitrogens with two attached hydrogens (primary N) is 1. The van der Waals surface area contributed by atoms with Crippen LogP contribution in [0.4, 0.5) is 0 Å². The van der Waals surface area contributed by atoms with Crippen LogP contribution < -0.4 is 5.73 Å². The molecule has 0 saturated carbocycles. The normalized spacial score (nSPS) is 12.9. The number of hydrogen-bond acceptors (Lipinski definition) is 2. The van der Waals surface area contributed by atoms with E-state index in [9.17, 15) is 4.79 Å². The Kier molecular flexibility index (Phi) is 2.43. The van der Waals surface area contributed by atoms with Crippen LogP contribution in [0.15, 0.2) is 30.5 Å². The van der Waals surface area contributed by atoms with Gasteiger partial charge in [-0.1, -0.05) is 18.2 Å². The number of para-hydroxylation sites is 1. The second-order valence-corrected chi connectivity index (χ2v) is 3.51. The minimum absolute atomic E-state index is 0.347. The molecule has 1 aromatic carbocycles. The van der Waals surface area contributed by atoms with E-state index >= 15 is 0 Å². The summed E-state index contributed by atoms with van der Waals surface area (Å²) < 4.78 is 0. The Morgan fingerprint density at radius 1 is 1.47 bits per heavy atom. The number of hydrogen-bond donors (Lipinski definition) is 3. The van der Waals surface area contributed by atoms with Gasteiger partial charge in [0, 0.05) is 23.5 Å². The van der Waals surface area contributed by atoms with Crippen LogP contribution in [0.1, 0.15) is 5.56 Å². The molecular weight excluding hydrogens is 193 g/mol. The number of aromatic nitrogens is 1. The first-order valence-electron chi connectivity index (χ1n) is 4.72. The molecule has 0 unspecified atom stereocenters. The molecule has 4 heteroatoms. The summed E-state index contributed by atoms with van der Waals surface area (Å²) in [5, 5.41) is 9.75. The van der Waals surface area contributed by atoms with Gasteiger partial charge in [0.25, 0.3) is 0 Å². The zero-order valence-corrected chi connectivity index (χ0v) is 8.10. The predicted molar refractivity (Wildman–Crippen MR) is 57.6 cm³/mol. The van der Waals surface area contributed by atoms with Crippen LogP contribution in [-0.4, -0.2) is 22.1 Å². The summed E-state index contributed by atoms with van der Waals surface area (Å²) in [6, 6.07) is 6.91. The SMILES string of the molecule is [15NH2][C@H](Cc1c[nH]c2ccccc12)C(=O)O. The number of carboxylic acids is 1. The molecule has 0 amide bonds. The van der Waals surface area contributed by atoms with Gasteiger partial charge in [-0.2, -0.15) is 0 Å². The van der Waals surface area contributed by atoms with Crippen LogP contribution in [-0.2, 0) is 11.2 Å². The molecular formula is C11H12N2O2. The Balaban J connectivity index is 2.32. The number of nitrogens with one attached hydrogen (secondary N) is 1. The van der Waals surface area contributed by atoms with Crippen molar-refractivity contribution in [2.45, 2.75) is 12.5 Å². The summed E-state index contributed by atoms with van der Waals surface area (Å²) in [7, 11) is 0. The van der Waals surface area contributed by atoms with Crippen molar-refractivity contribution in [1.29, 1.82) is 0 Å². The lowest BCUT2D eigenvalue weighted by Gasteiger charge is -2.04. The first kappa shape index (κ1) is 9.73. The van der Waals surface area contributed by atoms with Crippen molar-refractivity contribution in [2.75, 3.05) is 0 Å². The van der Waals surface area contributed by atoms with Crippen molar-refractivity contribution in [3.05, 3.63) is 36.0 Å². The average molecular weight is 205 g/mol. The lowest BCUT2D eigenvalue weighted by molar-refractivity contribution is -0.138. The van der Waals surface area contributed by atoms with Crippen LogP contribution in [0.5, 0.6) is 0 Å². The van der Waals surface area contributed by atoms with Crippen molar-refractivity contribution < 1.29 is 9.90 Å². The highest BCUT2D eigenvalue weighted by molar-refractivity contribution is 5.84. The molecule has 0 fully saturated rings. The number of benzene rings is 1. The summed E-state index contributed by atoms with van der Waals surface area (Å²) in [5.74, 6) is -0.972. The maximum absolute atomic E-state index is 10.6. The van der Waals surface area contributed by atoms with Crippen LogP contribution in [0.25, 0.3) is 10.9 Å². The van der Waals surface area contributed by atoms with E-state index in [2.05, 4.69) is 4.98 Å². The molecule has 4 nitrogen and oxygen atoms in total.